The van der Waals surface area contributed by atoms with Gasteiger partial charge in [-0.1, -0.05) is 18.9 Å². The first-order valence-electron chi connectivity index (χ1n) is 9.75. The van der Waals surface area contributed by atoms with Gasteiger partial charge in [-0.25, -0.2) is 4.68 Å². The third-order valence-electron chi connectivity index (χ3n) is 5.14. The van der Waals surface area contributed by atoms with Crippen LogP contribution < -0.4 is 4.74 Å². The molecule has 0 atom stereocenters. The van der Waals surface area contributed by atoms with Gasteiger partial charge in [0, 0.05) is 18.7 Å². The highest BCUT2D eigenvalue weighted by Crippen LogP contribution is 2.35. The Labute approximate surface area is 171 Å². The molecule has 29 heavy (non-hydrogen) atoms. The van der Waals surface area contributed by atoms with Crippen LogP contribution in [0, 0.1) is 24.0 Å². The normalized spacial score (nSPS) is 10.7. The average molecular weight is 399 g/mol. The minimum atomic E-state index is -0.405. The van der Waals surface area contributed by atoms with E-state index < -0.39 is 4.92 Å². The molecule has 1 aromatic carbocycles. The van der Waals surface area contributed by atoms with Gasteiger partial charge in [-0.3, -0.25) is 14.9 Å². The molecule has 1 aromatic heterocycles. The molecule has 0 spiro atoms. The molecule has 0 fully saturated rings. The van der Waals surface area contributed by atoms with E-state index in [1.165, 1.54) is 12.1 Å². The molecule has 0 N–H and O–H groups in total. The predicted molar refractivity (Wildman–Crippen MR) is 114 cm³/mol. The molecule has 0 aliphatic rings. The quantitative estimate of drug-likeness (QED) is 0.264. The van der Waals surface area contributed by atoms with Crippen molar-refractivity contribution in [3.05, 3.63) is 55.8 Å². The number of carbonyl (C=O) groups is 1. The second-order valence-corrected chi connectivity index (χ2v) is 7.43. The molecule has 0 unspecified atom stereocenters. The number of unbranched alkanes of at least 4 members (excludes halogenated alkanes) is 1. The zero-order chi connectivity index (χ0) is 21.9. The van der Waals surface area contributed by atoms with Crippen LogP contribution >= 0.6 is 0 Å². The van der Waals surface area contributed by atoms with Gasteiger partial charge in [0.2, 0.25) is 11.7 Å². The van der Waals surface area contributed by atoms with Crippen molar-refractivity contribution in [1.29, 1.82) is 0 Å². The van der Waals surface area contributed by atoms with Gasteiger partial charge in [-0.2, -0.15) is 5.10 Å². The van der Waals surface area contributed by atoms with Crippen molar-refractivity contribution in [2.24, 2.45) is 7.05 Å². The first kappa shape index (κ1) is 22.3. The number of nitro benzene ring substituents is 1. The number of nitro groups is 1. The summed E-state index contributed by atoms with van der Waals surface area (Å²) in [7, 11) is 1.74. The summed E-state index contributed by atoms with van der Waals surface area (Å²) in [5.41, 5.74) is 4.24. The van der Waals surface area contributed by atoms with Crippen LogP contribution in [0.4, 0.5) is 5.69 Å². The Kier molecular flexibility index (Phi) is 6.95. The molecule has 2 rings (SSSR count). The highest BCUT2D eigenvalue weighted by Gasteiger charge is 2.28. The fraction of sp³-hybridized carbons (Fsp3) is 0.455. The summed E-state index contributed by atoms with van der Waals surface area (Å²) in [5, 5.41) is 15.9. The van der Waals surface area contributed by atoms with E-state index in [1.807, 2.05) is 20.8 Å². The van der Waals surface area contributed by atoms with E-state index in [9.17, 15) is 14.9 Å². The molecule has 0 saturated heterocycles. The van der Waals surface area contributed by atoms with Crippen molar-refractivity contribution >= 4 is 17.0 Å². The molecule has 0 saturated carbocycles. The Bertz CT molecular complexity index is 982. The number of ether oxygens (including phenoxy) is 1. The number of rotatable bonds is 8. The van der Waals surface area contributed by atoms with Crippen LogP contribution in [0.1, 0.15) is 73.3 Å². The van der Waals surface area contributed by atoms with E-state index in [1.54, 1.807) is 25.6 Å². The van der Waals surface area contributed by atoms with Crippen LogP contribution in [0.5, 0.6) is 5.88 Å². The Morgan fingerprint density at radius 1 is 1.21 bits per heavy atom. The maximum absolute atomic E-state index is 13.5. The number of ketones is 1. The second kappa shape index (κ2) is 9.03. The Balaban J connectivity index is 2.65. The standard InChI is InChI=1S/C22H29N3O4/c1-8-9-12-29-22-20(16(6)23-24(22)7)21(26)17-10-11-18(25(27)28)19(15(17)5)14(4)13(2)3/h10-11H,8-9,12H2,1-7H3. The minimum Gasteiger partial charge on any atom is -0.477 e. The highest BCUT2D eigenvalue weighted by atomic mass is 16.6. The molecule has 2 aromatic rings. The van der Waals surface area contributed by atoms with E-state index in [0.29, 0.717) is 40.4 Å². The summed E-state index contributed by atoms with van der Waals surface area (Å²) in [5.74, 6) is 0.191. The van der Waals surface area contributed by atoms with E-state index in [0.717, 1.165) is 24.0 Å². The van der Waals surface area contributed by atoms with Crippen LogP contribution in [0.2, 0.25) is 0 Å². The monoisotopic (exact) mass is 399 g/mol. The zero-order valence-electron chi connectivity index (χ0n) is 18.3. The van der Waals surface area contributed by atoms with Gasteiger partial charge < -0.3 is 4.74 Å². The number of carbonyl (C=O) groups excluding carboxylic acids is 1. The lowest BCUT2D eigenvalue weighted by molar-refractivity contribution is -0.385. The van der Waals surface area contributed by atoms with Crippen molar-refractivity contribution in [2.75, 3.05) is 6.61 Å². The third-order valence-corrected chi connectivity index (χ3v) is 5.14. The molecule has 0 bridgehead atoms. The Morgan fingerprint density at radius 3 is 2.41 bits per heavy atom. The summed E-state index contributed by atoms with van der Waals surface area (Å²) >= 11 is 0. The SMILES string of the molecule is CCCCOc1c(C(=O)c2ccc([N+](=O)[O-])c(C(C)=C(C)C)c2C)c(C)nn1C. The van der Waals surface area contributed by atoms with E-state index in [2.05, 4.69) is 12.0 Å². The predicted octanol–water partition coefficient (Wildman–Crippen LogP) is 5.17. The lowest BCUT2D eigenvalue weighted by atomic mass is 9.90. The Morgan fingerprint density at radius 2 is 1.86 bits per heavy atom. The number of benzene rings is 1. The largest absolute Gasteiger partial charge is 0.477 e. The number of aryl methyl sites for hydroxylation is 2. The number of hydrogen-bond donors (Lipinski definition) is 0. The number of nitrogens with zero attached hydrogens (tertiary/aromatic N) is 3. The maximum atomic E-state index is 13.5. The molecule has 0 amide bonds. The number of allylic oxidation sites excluding steroid dienone is 2. The van der Waals surface area contributed by atoms with Crippen molar-refractivity contribution < 1.29 is 14.5 Å². The fourth-order valence-electron chi connectivity index (χ4n) is 3.33. The van der Waals surface area contributed by atoms with Gasteiger partial charge in [0.15, 0.2) is 0 Å². The molecule has 7 nitrogen and oxygen atoms in total. The average Bonchev–Trinajstić information content (AvgIpc) is 2.93. The van der Waals surface area contributed by atoms with Gasteiger partial charge in [0.1, 0.15) is 5.56 Å². The van der Waals surface area contributed by atoms with Gasteiger partial charge in [-0.15, -0.1) is 0 Å². The summed E-state index contributed by atoms with van der Waals surface area (Å²) in [6.07, 6.45) is 1.85. The van der Waals surface area contributed by atoms with Crippen LogP contribution in [0.25, 0.3) is 5.57 Å². The summed E-state index contributed by atoms with van der Waals surface area (Å²) in [6.45, 7) is 11.7. The van der Waals surface area contributed by atoms with Crippen LogP contribution in [-0.4, -0.2) is 27.1 Å². The smallest absolute Gasteiger partial charge is 0.277 e. The highest BCUT2D eigenvalue weighted by molar-refractivity contribution is 6.12. The Hall–Kier alpha value is -2.96. The zero-order valence-corrected chi connectivity index (χ0v) is 18.3. The molecular weight excluding hydrogens is 370 g/mol. The first-order chi connectivity index (χ1) is 13.6. The lowest BCUT2D eigenvalue weighted by Gasteiger charge is -2.14. The van der Waals surface area contributed by atoms with Gasteiger partial charge in [-0.05, 0) is 58.2 Å². The van der Waals surface area contributed by atoms with Crippen molar-refractivity contribution in [1.82, 2.24) is 9.78 Å². The van der Waals surface area contributed by atoms with E-state index >= 15 is 0 Å². The van der Waals surface area contributed by atoms with E-state index in [4.69, 9.17) is 4.74 Å². The van der Waals surface area contributed by atoms with E-state index in [-0.39, 0.29) is 11.5 Å². The van der Waals surface area contributed by atoms with Crippen LogP contribution in [0.15, 0.2) is 17.7 Å². The summed E-state index contributed by atoms with van der Waals surface area (Å²) in [4.78, 5) is 24.6. The molecule has 156 valence electrons. The molecule has 1 heterocycles. The van der Waals surface area contributed by atoms with Crippen LogP contribution in [-0.2, 0) is 7.05 Å². The van der Waals surface area contributed by atoms with Crippen molar-refractivity contribution in [3.8, 4) is 5.88 Å². The van der Waals surface area contributed by atoms with Crippen molar-refractivity contribution in [3.63, 3.8) is 0 Å². The third kappa shape index (κ3) is 4.39. The van der Waals surface area contributed by atoms with Crippen LogP contribution in [0.3, 0.4) is 0 Å². The topological polar surface area (TPSA) is 87.3 Å². The van der Waals surface area contributed by atoms with Gasteiger partial charge >= 0.3 is 0 Å². The molecule has 0 radical (unpaired) electrons. The minimum absolute atomic E-state index is 0.0000721. The lowest BCUT2D eigenvalue weighted by Crippen LogP contribution is -2.11. The summed E-state index contributed by atoms with van der Waals surface area (Å²) < 4.78 is 7.42. The van der Waals surface area contributed by atoms with Gasteiger partial charge in [0.05, 0.1) is 22.8 Å². The van der Waals surface area contributed by atoms with Crippen molar-refractivity contribution in [2.45, 2.75) is 54.4 Å². The maximum Gasteiger partial charge on any atom is 0.277 e. The number of aromatic nitrogens is 2. The molecule has 0 aliphatic heterocycles. The first-order valence-corrected chi connectivity index (χ1v) is 9.75. The molecule has 7 heteroatoms. The number of hydrogen-bond acceptors (Lipinski definition) is 5. The fourth-order valence-corrected chi connectivity index (χ4v) is 3.33. The molecular formula is C22H29N3O4. The van der Waals surface area contributed by atoms with Gasteiger partial charge in [0.25, 0.3) is 5.69 Å². The molecule has 0 aliphatic carbocycles. The summed E-state index contributed by atoms with van der Waals surface area (Å²) in [6, 6.07) is 2.94. The second-order valence-electron chi connectivity index (χ2n) is 7.43.